The summed E-state index contributed by atoms with van der Waals surface area (Å²) in [6.07, 6.45) is 11.5. The van der Waals surface area contributed by atoms with E-state index in [1.54, 1.807) is 0 Å². The molecule has 188 valence electrons. The maximum Gasteiger partial charge on any atom is 0.345 e. The molecule has 0 saturated heterocycles. The molecule has 0 aliphatic heterocycles. The highest BCUT2D eigenvalue weighted by molar-refractivity contribution is 6.33. The molecule has 0 atom stereocenters. The standard InChI is InChI=1S/C28H33ClO6/c1-2-3-4-5-6-7-19-8-10-21(11-9-19)27(32)35-23-16-17-24(25(29)18-23)28(33)34-22-14-12-20(13-15-22)26(30)31/h12-19,21H,2-11H2,1H3,(H,30,31)/t19-,21-. The number of ether oxygens (including phenoxy) is 2. The third-order valence-corrected chi connectivity index (χ3v) is 6.90. The van der Waals surface area contributed by atoms with E-state index in [0.29, 0.717) is 11.7 Å². The Morgan fingerprint density at radius 3 is 2.17 bits per heavy atom. The number of esters is 2. The zero-order valence-electron chi connectivity index (χ0n) is 20.1. The number of carboxylic acid groups (broad SMARTS) is 1. The van der Waals surface area contributed by atoms with Crippen molar-refractivity contribution >= 4 is 29.5 Å². The summed E-state index contributed by atoms with van der Waals surface area (Å²) in [6.45, 7) is 2.23. The van der Waals surface area contributed by atoms with Gasteiger partial charge in [-0.25, -0.2) is 9.59 Å². The fraction of sp³-hybridized carbons (Fsp3) is 0.464. The van der Waals surface area contributed by atoms with E-state index in [0.717, 1.165) is 25.7 Å². The van der Waals surface area contributed by atoms with Crippen molar-refractivity contribution in [3.05, 3.63) is 58.6 Å². The first-order chi connectivity index (χ1) is 16.9. The van der Waals surface area contributed by atoms with E-state index < -0.39 is 11.9 Å². The summed E-state index contributed by atoms with van der Waals surface area (Å²) in [5.74, 6) is -0.921. The average molecular weight is 501 g/mol. The molecule has 1 aliphatic rings. The van der Waals surface area contributed by atoms with Crippen LogP contribution in [0.15, 0.2) is 42.5 Å². The molecule has 7 heteroatoms. The summed E-state index contributed by atoms with van der Waals surface area (Å²) in [4.78, 5) is 36.0. The summed E-state index contributed by atoms with van der Waals surface area (Å²) in [5.41, 5.74) is 0.207. The highest BCUT2D eigenvalue weighted by Gasteiger charge is 2.28. The number of benzene rings is 2. The number of rotatable bonds is 11. The fourth-order valence-corrected chi connectivity index (χ4v) is 4.72. The third-order valence-electron chi connectivity index (χ3n) is 6.59. The molecule has 1 aliphatic carbocycles. The van der Waals surface area contributed by atoms with Gasteiger partial charge in [-0.05, 0) is 68.0 Å². The Labute approximate surface area is 211 Å². The van der Waals surface area contributed by atoms with Crippen LogP contribution >= 0.6 is 11.6 Å². The van der Waals surface area contributed by atoms with Crippen LogP contribution in [0.4, 0.5) is 0 Å². The second-order valence-electron chi connectivity index (χ2n) is 9.20. The molecule has 1 fully saturated rings. The average Bonchev–Trinajstić information content (AvgIpc) is 2.84. The molecular formula is C28H33ClO6. The molecule has 3 rings (SSSR count). The van der Waals surface area contributed by atoms with E-state index in [4.69, 9.17) is 26.2 Å². The van der Waals surface area contributed by atoms with E-state index in [1.807, 2.05) is 0 Å². The topological polar surface area (TPSA) is 89.9 Å². The van der Waals surface area contributed by atoms with Crippen LogP contribution in [0.2, 0.25) is 5.02 Å². The maximum absolute atomic E-state index is 12.7. The molecule has 6 nitrogen and oxygen atoms in total. The molecule has 1 saturated carbocycles. The number of hydrogen-bond donors (Lipinski definition) is 1. The quantitative estimate of drug-likeness (QED) is 0.197. The Morgan fingerprint density at radius 2 is 1.54 bits per heavy atom. The lowest BCUT2D eigenvalue weighted by atomic mass is 9.80. The monoisotopic (exact) mass is 500 g/mol. The predicted octanol–water partition coefficient (Wildman–Crippen LogP) is 7.33. The third kappa shape index (κ3) is 8.10. The van der Waals surface area contributed by atoms with Gasteiger partial charge in [0.05, 0.1) is 22.1 Å². The number of unbranched alkanes of at least 4 members (excludes halogenated alkanes) is 4. The Balaban J connectivity index is 1.47. The van der Waals surface area contributed by atoms with Crippen molar-refractivity contribution in [3.63, 3.8) is 0 Å². The second-order valence-corrected chi connectivity index (χ2v) is 9.61. The van der Waals surface area contributed by atoms with E-state index in [9.17, 15) is 14.4 Å². The van der Waals surface area contributed by atoms with Crippen LogP contribution in [0, 0.1) is 11.8 Å². The molecule has 0 amide bonds. The smallest absolute Gasteiger partial charge is 0.345 e. The molecule has 0 spiro atoms. The first-order valence-corrected chi connectivity index (χ1v) is 12.8. The number of carbonyl (C=O) groups is 3. The van der Waals surface area contributed by atoms with Crippen molar-refractivity contribution in [2.24, 2.45) is 11.8 Å². The van der Waals surface area contributed by atoms with E-state index in [2.05, 4.69) is 6.92 Å². The first-order valence-electron chi connectivity index (χ1n) is 12.4. The van der Waals surface area contributed by atoms with Crippen LogP contribution in [0.3, 0.4) is 0 Å². The van der Waals surface area contributed by atoms with Gasteiger partial charge >= 0.3 is 17.9 Å². The van der Waals surface area contributed by atoms with Gasteiger partial charge in [-0.1, -0.05) is 57.0 Å². The number of halogens is 1. The van der Waals surface area contributed by atoms with Crippen LogP contribution in [-0.4, -0.2) is 23.0 Å². The Hall–Kier alpha value is -2.86. The van der Waals surface area contributed by atoms with Gasteiger partial charge in [0.25, 0.3) is 0 Å². The van der Waals surface area contributed by atoms with Crippen molar-refractivity contribution in [1.29, 1.82) is 0 Å². The molecule has 1 N–H and O–H groups in total. The van der Waals surface area contributed by atoms with Gasteiger partial charge in [-0.2, -0.15) is 0 Å². The van der Waals surface area contributed by atoms with Crippen molar-refractivity contribution in [2.45, 2.75) is 71.1 Å². The highest BCUT2D eigenvalue weighted by atomic mass is 35.5. The summed E-state index contributed by atoms with van der Waals surface area (Å²) < 4.78 is 10.8. The molecule has 0 bridgehead atoms. The van der Waals surface area contributed by atoms with Crippen LogP contribution < -0.4 is 9.47 Å². The predicted molar refractivity (Wildman–Crippen MR) is 134 cm³/mol. The normalized spacial score (nSPS) is 17.5. The molecule has 2 aromatic rings. The van der Waals surface area contributed by atoms with Crippen LogP contribution in [0.5, 0.6) is 11.5 Å². The fourth-order valence-electron chi connectivity index (χ4n) is 4.48. The number of carbonyl (C=O) groups excluding carboxylic acids is 2. The zero-order chi connectivity index (χ0) is 25.2. The first kappa shape index (κ1) is 26.7. The van der Waals surface area contributed by atoms with Gasteiger partial charge in [-0.15, -0.1) is 0 Å². The molecular weight excluding hydrogens is 468 g/mol. The summed E-state index contributed by atoms with van der Waals surface area (Å²) in [5, 5.41) is 9.05. The maximum atomic E-state index is 12.7. The van der Waals surface area contributed by atoms with Crippen molar-refractivity contribution in [3.8, 4) is 11.5 Å². The van der Waals surface area contributed by atoms with Gasteiger partial charge in [0, 0.05) is 6.07 Å². The second kappa shape index (κ2) is 13.3. The molecule has 2 aromatic carbocycles. The minimum absolute atomic E-state index is 0.0879. The Morgan fingerprint density at radius 1 is 0.886 bits per heavy atom. The van der Waals surface area contributed by atoms with Crippen molar-refractivity contribution in [1.82, 2.24) is 0 Å². The number of carboxylic acids is 1. The summed E-state index contributed by atoms with van der Waals surface area (Å²) in [6, 6.07) is 9.89. The lowest BCUT2D eigenvalue weighted by molar-refractivity contribution is -0.140. The van der Waals surface area contributed by atoms with Gasteiger partial charge in [0.1, 0.15) is 11.5 Å². The molecule has 0 aromatic heterocycles. The summed E-state index contributed by atoms with van der Waals surface area (Å²) >= 11 is 6.26. The molecule has 35 heavy (non-hydrogen) atoms. The highest BCUT2D eigenvalue weighted by Crippen LogP contribution is 2.33. The molecule has 0 radical (unpaired) electrons. The van der Waals surface area contributed by atoms with Crippen LogP contribution in [0.1, 0.15) is 91.8 Å². The van der Waals surface area contributed by atoms with Crippen molar-refractivity contribution < 1.29 is 29.0 Å². The van der Waals surface area contributed by atoms with E-state index >= 15 is 0 Å². The van der Waals surface area contributed by atoms with Crippen LogP contribution in [-0.2, 0) is 4.79 Å². The largest absolute Gasteiger partial charge is 0.478 e. The van der Waals surface area contributed by atoms with Gasteiger partial charge in [0.15, 0.2) is 0 Å². The molecule has 0 heterocycles. The van der Waals surface area contributed by atoms with Gasteiger partial charge in [-0.3, -0.25) is 4.79 Å². The lowest BCUT2D eigenvalue weighted by Gasteiger charge is -2.27. The van der Waals surface area contributed by atoms with Crippen molar-refractivity contribution in [2.75, 3.05) is 0 Å². The Bertz CT molecular complexity index is 1010. The van der Waals surface area contributed by atoms with Crippen LogP contribution in [0.25, 0.3) is 0 Å². The Kier molecular flexibility index (Phi) is 10.2. The lowest BCUT2D eigenvalue weighted by Crippen LogP contribution is -2.25. The molecule has 0 unspecified atom stereocenters. The van der Waals surface area contributed by atoms with E-state index in [1.165, 1.54) is 81.0 Å². The van der Waals surface area contributed by atoms with Gasteiger partial charge < -0.3 is 14.6 Å². The zero-order valence-corrected chi connectivity index (χ0v) is 20.9. The summed E-state index contributed by atoms with van der Waals surface area (Å²) in [7, 11) is 0. The van der Waals surface area contributed by atoms with Gasteiger partial charge in [0.2, 0.25) is 0 Å². The SMILES string of the molecule is CCCCCCC[C@H]1CC[C@H](C(=O)Oc2ccc(C(=O)Oc3ccc(C(=O)O)cc3)c(Cl)c2)CC1. The number of aromatic carboxylic acids is 1. The van der Waals surface area contributed by atoms with E-state index in [-0.39, 0.29) is 33.8 Å². The minimum atomic E-state index is -1.07. The number of hydrogen-bond acceptors (Lipinski definition) is 5. The minimum Gasteiger partial charge on any atom is -0.478 e.